The Morgan fingerprint density at radius 1 is 1.10 bits per heavy atom. The van der Waals surface area contributed by atoms with Crippen LogP contribution in [0.5, 0.6) is 5.75 Å². The van der Waals surface area contributed by atoms with E-state index in [9.17, 15) is 20.1 Å². The fourth-order valence-electron chi connectivity index (χ4n) is 4.84. The summed E-state index contributed by atoms with van der Waals surface area (Å²) >= 11 is 0. The summed E-state index contributed by atoms with van der Waals surface area (Å²) in [4.78, 5) is 15.6. The molecular weight excluding hydrogens is 370 g/mol. The van der Waals surface area contributed by atoms with Crippen molar-refractivity contribution in [3.63, 3.8) is 0 Å². The van der Waals surface area contributed by atoms with Gasteiger partial charge in [0.1, 0.15) is 5.75 Å². The number of nitrogens with zero attached hydrogens (tertiary/aromatic N) is 1. The lowest BCUT2D eigenvalue weighted by atomic mass is 9.86. The predicted molar refractivity (Wildman–Crippen MR) is 107 cm³/mol. The molecule has 29 heavy (non-hydrogen) atoms. The molecule has 5 rings (SSSR count). The van der Waals surface area contributed by atoms with Crippen LogP contribution in [0.3, 0.4) is 0 Å². The maximum Gasteiger partial charge on any atom is 0.276 e. The number of aliphatic hydroxyl groups is 3. The topological polar surface area (TPSA) is 90.2 Å². The molecule has 2 aliphatic heterocycles. The van der Waals surface area contributed by atoms with E-state index in [2.05, 4.69) is 0 Å². The third-order valence-corrected chi connectivity index (χ3v) is 6.58. The number of hydrogen-bond acceptors (Lipinski definition) is 6. The first-order valence-electron chi connectivity index (χ1n) is 10.2. The van der Waals surface area contributed by atoms with E-state index in [1.165, 1.54) is 0 Å². The molecule has 1 fully saturated rings. The molecule has 2 aromatic rings. The van der Waals surface area contributed by atoms with Crippen LogP contribution >= 0.6 is 0 Å². The summed E-state index contributed by atoms with van der Waals surface area (Å²) in [6.07, 6.45) is 0.893. The van der Waals surface area contributed by atoms with E-state index in [4.69, 9.17) is 4.74 Å². The highest BCUT2D eigenvalue weighted by Gasteiger charge is 2.71. The molecule has 6 heteroatoms. The predicted octanol–water partition coefficient (Wildman–Crippen LogP) is 2.39. The largest absolute Gasteiger partial charge is 0.454 e. The summed E-state index contributed by atoms with van der Waals surface area (Å²) in [6, 6.07) is 10.6. The zero-order chi connectivity index (χ0) is 20.6. The molecule has 152 valence electrons. The van der Waals surface area contributed by atoms with Gasteiger partial charge in [-0.05, 0) is 36.5 Å². The number of piperidine rings is 1. The first-order chi connectivity index (χ1) is 13.8. The van der Waals surface area contributed by atoms with Gasteiger partial charge in [0.25, 0.3) is 5.79 Å². The van der Waals surface area contributed by atoms with Crippen LogP contribution in [0.4, 0.5) is 5.69 Å². The molecule has 3 aliphatic rings. The quantitative estimate of drug-likeness (QED) is 0.724. The fraction of sp³-hybridized carbons (Fsp3) is 0.435. The number of fused-ring (bicyclic) bond motifs is 5. The normalized spacial score (nSPS) is 28.3. The summed E-state index contributed by atoms with van der Waals surface area (Å²) < 4.78 is 5.89. The standard InChI is InChI=1S/C23H25NO5/c1-13(2)14-6-7-16-19(12-14)29-23(28)17-4-3-5-18(20(17)21(26)22(16,23)27)24-10-8-15(25)9-11-24/h3-7,12-13,15,25,27-28H,8-11H2,1-2H3. The number of Topliss-reactive ketones (excluding diaryl/α,β-unsaturated/α-hetero) is 1. The van der Waals surface area contributed by atoms with Crippen LogP contribution < -0.4 is 9.64 Å². The molecule has 0 spiro atoms. The van der Waals surface area contributed by atoms with Gasteiger partial charge in [-0.15, -0.1) is 0 Å². The molecule has 0 saturated carbocycles. The Balaban J connectivity index is 1.63. The second kappa shape index (κ2) is 6.05. The number of carbonyl (C=O) groups is 1. The second-order valence-corrected chi connectivity index (χ2v) is 8.61. The van der Waals surface area contributed by atoms with Crippen LogP contribution in [-0.4, -0.2) is 40.3 Å². The molecule has 0 radical (unpaired) electrons. The molecule has 6 nitrogen and oxygen atoms in total. The van der Waals surface area contributed by atoms with E-state index in [1.807, 2.05) is 30.9 Å². The molecule has 1 saturated heterocycles. The van der Waals surface area contributed by atoms with Crippen LogP contribution in [0, 0.1) is 0 Å². The molecule has 2 unspecified atom stereocenters. The van der Waals surface area contributed by atoms with Crippen LogP contribution in [0.15, 0.2) is 36.4 Å². The Kier molecular flexibility index (Phi) is 3.88. The van der Waals surface area contributed by atoms with E-state index >= 15 is 0 Å². The minimum atomic E-state index is -2.18. The number of ketones is 1. The van der Waals surface area contributed by atoms with Gasteiger partial charge in [0.15, 0.2) is 0 Å². The molecule has 2 atom stereocenters. The van der Waals surface area contributed by atoms with Gasteiger partial charge < -0.3 is 25.0 Å². The zero-order valence-electron chi connectivity index (χ0n) is 16.6. The van der Waals surface area contributed by atoms with Crippen molar-refractivity contribution < 1.29 is 24.9 Å². The van der Waals surface area contributed by atoms with Crippen LogP contribution in [-0.2, 0) is 11.4 Å². The SMILES string of the molecule is CC(C)c1ccc2c(c1)OC1(O)c3cccc(N4CCC(O)CC4)c3C(=O)C21O. The number of ether oxygens (including phenoxy) is 1. The van der Waals surface area contributed by atoms with E-state index < -0.39 is 17.2 Å². The molecule has 0 bridgehead atoms. The second-order valence-electron chi connectivity index (χ2n) is 8.61. The number of anilines is 1. The molecule has 0 amide bonds. The van der Waals surface area contributed by atoms with Gasteiger partial charge in [0.2, 0.25) is 11.4 Å². The van der Waals surface area contributed by atoms with Gasteiger partial charge in [0, 0.05) is 29.9 Å². The lowest BCUT2D eigenvalue weighted by Gasteiger charge is -2.32. The van der Waals surface area contributed by atoms with Crippen LogP contribution in [0.25, 0.3) is 0 Å². The van der Waals surface area contributed by atoms with Crippen molar-refractivity contribution in [3.05, 3.63) is 58.7 Å². The Morgan fingerprint density at radius 2 is 1.83 bits per heavy atom. The third-order valence-electron chi connectivity index (χ3n) is 6.58. The first kappa shape index (κ1) is 18.6. The van der Waals surface area contributed by atoms with E-state index in [0.717, 1.165) is 5.56 Å². The number of carbonyl (C=O) groups excluding carboxylic acids is 1. The fourth-order valence-corrected chi connectivity index (χ4v) is 4.84. The lowest BCUT2D eigenvalue weighted by molar-refractivity contribution is -0.224. The maximum atomic E-state index is 13.5. The average Bonchev–Trinajstić information content (AvgIpc) is 3.04. The maximum absolute atomic E-state index is 13.5. The van der Waals surface area contributed by atoms with Gasteiger partial charge in [-0.25, -0.2) is 0 Å². The van der Waals surface area contributed by atoms with Crippen molar-refractivity contribution in [1.82, 2.24) is 0 Å². The molecule has 2 heterocycles. The van der Waals surface area contributed by atoms with Crippen molar-refractivity contribution >= 4 is 11.5 Å². The van der Waals surface area contributed by atoms with Crippen molar-refractivity contribution in [2.75, 3.05) is 18.0 Å². The monoisotopic (exact) mass is 395 g/mol. The van der Waals surface area contributed by atoms with Crippen LogP contribution in [0.2, 0.25) is 0 Å². The van der Waals surface area contributed by atoms with Crippen molar-refractivity contribution in [2.45, 2.75) is 50.1 Å². The van der Waals surface area contributed by atoms with E-state index in [-0.39, 0.29) is 17.6 Å². The summed E-state index contributed by atoms with van der Waals surface area (Å²) in [5.41, 5.74) is 0.379. The van der Waals surface area contributed by atoms with Gasteiger partial charge in [-0.1, -0.05) is 38.1 Å². The molecule has 3 N–H and O–H groups in total. The van der Waals surface area contributed by atoms with E-state index in [1.54, 1.807) is 24.3 Å². The molecule has 0 aromatic heterocycles. The lowest BCUT2D eigenvalue weighted by Crippen LogP contribution is -2.48. The highest BCUT2D eigenvalue weighted by Crippen LogP contribution is 2.59. The van der Waals surface area contributed by atoms with E-state index in [0.29, 0.717) is 48.5 Å². The first-order valence-corrected chi connectivity index (χ1v) is 10.2. The highest BCUT2D eigenvalue weighted by atomic mass is 16.7. The number of hydrogen-bond donors (Lipinski definition) is 3. The van der Waals surface area contributed by atoms with Crippen molar-refractivity contribution in [3.8, 4) is 5.75 Å². The molecule has 1 aliphatic carbocycles. The van der Waals surface area contributed by atoms with Crippen molar-refractivity contribution in [2.24, 2.45) is 0 Å². The Morgan fingerprint density at radius 3 is 2.52 bits per heavy atom. The summed E-state index contributed by atoms with van der Waals surface area (Å²) in [5.74, 6) is -2.11. The minimum absolute atomic E-state index is 0.248. The van der Waals surface area contributed by atoms with Crippen LogP contribution in [0.1, 0.15) is 59.7 Å². The van der Waals surface area contributed by atoms with Crippen molar-refractivity contribution in [1.29, 1.82) is 0 Å². The Labute approximate surface area is 169 Å². The highest BCUT2D eigenvalue weighted by molar-refractivity contribution is 6.13. The van der Waals surface area contributed by atoms with Gasteiger partial charge in [0.05, 0.1) is 11.7 Å². The molecular formula is C23H25NO5. The number of aliphatic hydroxyl groups excluding tert-OH is 1. The number of benzene rings is 2. The average molecular weight is 395 g/mol. The van der Waals surface area contributed by atoms with Gasteiger partial charge in [-0.2, -0.15) is 0 Å². The Bertz CT molecular complexity index is 1010. The number of rotatable bonds is 2. The summed E-state index contributed by atoms with van der Waals surface area (Å²) in [7, 11) is 0. The molecule has 2 aromatic carbocycles. The summed E-state index contributed by atoms with van der Waals surface area (Å²) in [5, 5.41) is 32.8. The minimum Gasteiger partial charge on any atom is -0.454 e. The zero-order valence-corrected chi connectivity index (χ0v) is 16.6. The Hall–Kier alpha value is -2.41. The smallest absolute Gasteiger partial charge is 0.276 e. The van der Waals surface area contributed by atoms with Gasteiger partial charge >= 0.3 is 0 Å². The summed E-state index contributed by atoms with van der Waals surface area (Å²) in [6.45, 7) is 5.31. The third kappa shape index (κ3) is 2.31. The van der Waals surface area contributed by atoms with Gasteiger partial charge in [-0.3, -0.25) is 4.79 Å².